The highest BCUT2D eigenvalue weighted by atomic mass is 32.2. The van der Waals surface area contributed by atoms with Crippen LogP contribution in [0.25, 0.3) is 0 Å². The van der Waals surface area contributed by atoms with Gasteiger partial charge in [-0.1, -0.05) is 12.8 Å². The average molecular weight is 238 g/mol. The molecule has 1 aromatic rings. The van der Waals surface area contributed by atoms with Gasteiger partial charge in [-0.25, -0.2) is 4.39 Å². The zero-order valence-corrected chi connectivity index (χ0v) is 9.82. The van der Waals surface area contributed by atoms with E-state index in [1.54, 1.807) is 23.9 Å². The van der Waals surface area contributed by atoms with E-state index in [4.69, 9.17) is 11.1 Å². The van der Waals surface area contributed by atoms with Crippen LogP contribution in [0.2, 0.25) is 0 Å². The third-order valence-electron chi connectivity index (χ3n) is 2.84. The highest BCUT2D eigenvalue weighted by molar-refractivity contribution is 8.00. The molecule has 1 aliphatic carbocycles. The molecule has 0 amide bonds. The van der Waals surface area contributed by atoms with E-state index in [0.717, 1.165) is 0 Å². The minimum Gasteiger partial charge on any atom is -0.384 e. The van der Waals surface area contributed by atoms with Crippen molar-refractivity contribution in [2.75, 3.05) is 0 Å². The highest BCUT2D eigenvalue weighted by Gasteiger charge is 2.18. The summed E-state index contributed by atoms with van der Waals surface area (Å²) >= 11 is 1.61. The molecular formula is C12H15FN2S. The monoisotopic (exact) mass is 238 g/mol. The number of rotatable bonds is 3. The maximum absolute atomic E-state index is 13.7. The Kier molecular flexibility index (Phi) is 3.49. The smallest absolute Gasteiger partial charge is 0.137 e. The Morgan fingerprint density at radius 1 is 1.38 bits per heavy atom. The van der Waals surface area contributed by atoms with Crippen LogP contribution in [0, 0.1) is 11.2 Å². The Labute approximate surface area is 98.9 Å². The van der Waals surface area contributed by atoms with Crippen LogP contribution in [0.5, 0.6) is 0 Å². The second-order valence-corrected chi connectivity index (χ2v) is 5.43. The van der Waals surface area contributed by atoms with Crippen molar-refractivity contribution in [3.05, 3.63) is 29.6 Å². The molecule has 0 bridgehead atoms. The lowest BCUT2D eigenvalue weighted by atomic mass is 10.2. The fourth-order valence-corrected chi connectivity index (χ4v) is 3.20. The fourth-order valence-electron chi connectivity index (χ4n) is 1.95. The number of halogens is 1. The molecular weight excluding hydrogens is 223 g/mol. The van der Waals surface area contributed by atoms with Gasteiger partial charge >= 0.3 is 0 Å². The number of nitrogen functional groups attached to an aromatic ring is 1. The average Bonchev–Trinajstić information content (AvgIpc) is 2.73. The molecule has 86 valence electrons. The summed E-state index contributed by atoms with van der Waals surface area (Å²) in [5, 5.41) is 7.78. The van der Waals surface area contributed by atoms with Gasteiger partial charge in [0.1, 0.15) is 11.7 Å². The lowest BCUT2D eigenvalue weighted by molar-refractivity contribution is 0.601. The largest absolute Gasteiger partial charge is 0.384 e. The van der Waals surface area contributed by atoms with Gasteiger partial charge in [0.25, 0.3) is 0 Å². The van der Waals surface area contributed by atoms with Gasteiger partial charge in [0, 0.05) is 15.7 Å². The molecule has 1 fully saturated rings. The fraction of sp³-hybridized carbons (Fsp3) is 0.417. The van der Waals surface area contributed by atoms with Gasteiger partial charge in [-0.3, -0.25) is 5.41 Å². The SMILES string of the molecule is N=C(N)c1ccc(SC2CCCC2)c(F)c1. The van der Waals surface area contributed by atoms with E-state index in [-0.39, 0.29) is 11.7 Å². The normalized spacial score (nSPS) is 16.6. The molecule has 1 aliphatic rings. The van der Waals surface area contributed by atoms with Gasteiger partial charge in [-0.15, -0.1) is 11.8 Å². The lowest BCUT2D eigenvalue weighted by Gasteiger charge is -2.10. The minimum absolute atomic E-state index is 0.0867. The molecule has 3 N–H and O–H groups in total. The van der Waals surface area contributed by atoms with Crippen molar-refractivity contribution in [2.45, 2.75) is 35.8 Å². The van der Waals surface area contributed by atoms with Crippen LogP contribution in [0.3, 0.4) is 0 Å². The summed E-state index contributed by atoms with van der Waals surface area (Å²) in [6.45, 7) is 0. The second-order valence-electron chi connectivity index (χ2n) is 4.08. The van der Waals surface area contributed by atoms with Crippen molar-refractivity contribution in [3.63, 3.8) is 0 Å². The van der Waals surface area contributed by atoms with Crippen molar-refractivity contribution < 1.29 is 4.39 Å². The van der Waals surface area contributed by atoms with E-state index in [1.807, 2.05) is 0 Å². The Morgan fingerprint density at radius 3 is 2.62 bits per heavy atom. The summed E-state index contributed by atoms with van der Waals surface area (Å²) in [5.74, 6) is -0.346. The van der Waals surface area contributed by atoms with Crippen LogP contribution in [0.4, 0.5) is 4.39 Å². The summed E-state index contributed by atoms with van der Waals surface area (Å²) in [5.41, 5.74) is 5.76. The molecule has 0 aromatic heterocycles. The number of benzene rings is 1. The van der Waals surface area contributed by atoms with Gasteiger partial charge < -0.3 is 5.73 Å². The van der Waals surface area contributed by atoms with Crippen LogP contribution in [-0.2, 0) is 0 Å². The zero-order valence-electron chi connectivity index (χ0n) is 9.00. The maximum atomic E-state index is 13.7. The molecule has 16 heavy (non-hydrogen) atoms. The van der Waals surface area contributed by atoms with E-state index < -0.39 is 0 Å². The lowest BCUT2D eigenvalue weighted by Crippen LogP contribution is -2.11. The van der Waals surface area contributed by atoms with Gasteiger partial charge in [0.2, 0.25) is 0 Å². The molecule has 0 unspecified atom stereocenters. The Hall–Kier alpha value is -1.03. The van der Waals surface area contributed by atoms with Crippen LogP contribution < -0.4 is 5.73 Å². The third-order valence-corrected chi connectivity index (χ3v) is 4.23. The Bertz CT molecular complexity index is 400. The first-order valence-electron chi connectivity index (χ1n) is 5.47. The number of hydrogen-bond donors (Lipinski definition) is 2. The summed E-state index contributed by atoms with van der Waals surface area (Å²) < 4.78 is 13.7. The third kappa shape index (κ3) is 2.55. The summed E-state index contributed by atoms with van der Waals surface area (Å²) in [6, 6.07) is 4.79. The van der Waals surface area contributed by atoms with Crippen molar-refractivity contribution >= 4 is 17.6 Å². The molecule has 0 spiro atoms. The quantitative estimate of drug-likeness (QED) is 0.628. The van der Waals surface area contributed by atoms with Crippen LogP contribution in [0.15, 0.2) is 23.1 Å². The number of nitrogens with two attached hydrogens (primary N) is 1. The summed E-state index contributed by atoms with van der Waals surface area (Å²) in [7, 11) is 0. The summed E-state index contributed by atoms with van der Waals surface area (Å²) in [4.78, 5) is 0.678. The van der Waals surface area contributed by atoms with E-state index >= 15 is 0 Å². The van der Waals surface area contributed by atoms with Crippen molar-refractivity contribution in [1.29, 1.82) is 5.41 Å². The Balaban J connectivity index is 2.12. The zero-order chi connectivity index (χ0) is 11.5. The second kappa shape index (κ2) is 4.87. The van der Waals surface area contributed by atoms with Gasteiger partial charge in [-0.05, 0) is 31.0 Å². The molecule has 0 aliphatic heterocycles. The molecule has 2 rings (SSSR count). The first-order chi connectivity index (χ1) is 7.66. The van der Waals surface area contributed by atoms with E-state index in [9.17, 15) is 4.39 Å². The summed E-state index contributed by atoms with van der Waals surface area (Å²) in [6.07, 6.45) is 4.87. The minimum atomic E-state index is -0.260. The number of thioether (sulfide) groups is 1. The first kappa shape index (κ1) is 11.5. The van der Waals surface area contributed by atoms with Crippen molar-refractivity contribution in [1.82, 2.24) is 0 Å². The highest BCUT2D eigenvalue weighted by Crippen LogP contribution is 2.35. The van der Waals surface area contributed by atoms with Gasteiger partial charge in [-0.2, -0.15) is 0 Å². The predicted octanol–water partition coefficient (Wildman–Crippen LogP) is 3.14. The maximum Gasteiger partial charge on any atom is 0.137 e. The molecule has 4 heteroatoms. The predicted molar refractivity (Wildman–Crippen MR) is 65.5 cm³/mol. The first-order valence-corrected chi connectivity index (χ1v) is 6.35. The van der Waals surface area contributed by atoms with Crippen molar-refractivity contribution in [2.24, 2.45) is 5.73 Å². The standard InChI is InChI=1S/C12H15FN2S/c13-10-7-8(12(14)15)5-6-11(10)16-9-3-1-2-4-9/h5-7,9H,1-4H2,(H3,14,15). The Morgan fingerprint density at radius 2 is 2.06 bits per heavy atom. The van der Waals surface area contributed by atoms with Crippen LogP contribution in [-0.4, -0.2) is 11.1 Å². The van der Waals surface area contributed by atoms with E-state index in [0.29, 0.717) is 15.7 Å². The molecule has 1 aromatic carbocycles. The van der Waals surface area contributed by atoms with E-state index in [1.165, 1.54) is 31.7 Å². The molecule has 0 saturated heterocycles. The molecule has 0 heterocycles. The number of amidine groups is 1. The van der Waals surface area contributed by atoms with Gasteiger partial charge in [0.05, 0.1) is 0 Å². The molecule has 1 saturated carbocycles. The van der Waals surface area contributed by atoms with Crippen LogP contribution in [0.1, 0.15) is 31.2 Å². The van der Waals surface area contributed by atoms with E-state index in [2.05, 4.69) is 0 Å². The topological polar surface area (TPSA) is 49.9 Å². The molecule has 2 nitrogen and oxygen atoms in total. The van der Waals surface area contributed by atoms with Crippen molar-refractivity contribution in [3.8, 4) is 0 Å². The number of hydrogen-bond acceptors (Lipinski definition) is 2. The molecule has 0 radical (unpaired) electrons. The molecule has 0 atom stereocenters. The van der Waals surface area contributed by atoms with Crippen LogP contribution >= 0.6 is 11.8 Å². The number of nitrogens with one attached hydrogen (secondary N) is 1. The van der Waals surface area contributed by atoms with Gasteiger partial charge in [0.15, 0.2) is 0 Å².